The summed E-state index contributed by atoms with van der Waals surface area (Å²) in [7, 11) is 3.34. The number of likely N-dealkylation sites (tertiary alicyclic amines) is 1. The Morgan fingerprint density at radius 3 is 2.20 bits per heavy atom. The maximum atomic E-state index is 11.3. The number of hydrogen-bond acceptors (Lipinski definition) is 9. The SMILES string of the molecule is C#C.C=C/C(=C\C=C(/C)CN/C(N)=C(/C#N)C(=O)OC)C(=N)N.CC=O.CN1CCCC1.O=C1CCCCCCN1. The molecule has 2 aliphatic rings. The average molecular weight is 572 g/mol. The van der Waals surface area contributed by atoms with E-state index >= 15 is 0 Å². The predicted molar refractivity (Wildman–Crippen MR) is 165 cm³/mol. The number of amides is 1. The molecule has 0 atom stereocenters. The van der Waals surface area contributed by atoms with Crippen LogP contribution in [-0.2, 0) is 19.1 Å². The molecule has 0 radical (unpaired) electrons. The number of carbonyl (C=O) groups is 3. The van der Waals surface area contributed by atoms with Gasteiger partial charge in [0.05, 0.1) is 7.11 Å². The highest BCUT2D eigenvalue weighted by Crippen LogP contribution is 2.05. The minimum Gasteiger partial charge on any atom is -0.465 e. The van der Waals surface area contributed by atoms with Crippen LogP contribution < -0.4 is 22.1 Å². The highest BCUT2D eigenvalue weighted by atomic mass is 16.5. The van der Waals surface area contributed by atoms with Crippen molar-refractivity contribution in [3.8, 4) is 18.9 Å². The van der Waals surface area contributed by atoms with E-state index in [-0.39, 0.29) is 23.1 Å². The zero-order valence-corrected chi connectivity index (χ0v) is 25.1. The molecule has 7 N–H and O–H groups in total. The van der Waals surface area contributed by atoms with Crippen molar-refractivity contribution in [3.05, 3.63) is 47.3 Å². The number of amidine groups is 1. The van der Waals surface area contributed by atoms with E-state index in [9.17, 15) is 9.59 Å². The Bertz CT molecular complexity index is 944. The third-order valence-electron chi connectivity index (χ3n) is 5.39. The van der Waals surface area contributed by atoms with Crippen LogP contribution in [0.3, 0.4) is 0 Å². The van der Waals surface area contributed by atoms with Crippen LogP contribution in [0.2, 0.25) is 0 Å². The van der Waals surface area contributed by atoms with E-state index < -0.39 is 5.97 Å². The maximum Gasteiger partial charge on any atom is 0.352 e. The van der Waals surface area contributed by atoms with Gasteiger partial charge in [0.2, 0.25) is 5.91 Å². The fraction of sp³-hybridized carbons (Fsp3) is 0.500. The second-order valence-corrected chi connectivity index (χ2v) is 8.76. The van der Waals surface area contributed by atoms with E-state index in [4.69, 9.17) is 26.9 Å². The molecular formula is C30H49N7O4. The van der Waals surface area contributed by atoms with Crippen molar-refractivity contribution >= 4 is 24.0 Å². The second-order valence-electron chi connectivity index (χ2n) is 8.76. The van der Waals surface area contributed by atoms with Crippen molar-refractivity contribution in [1.29, 1.82) is 10.7 Å². The van der Waals surface area contributed by atoms with Crippen LogP contribution in [0.15, 0.2) is 47.3 Å². The summed E-state index contributed by atoms with van der Waals surface area (Å²) in [5.41, 5.74) is 12.0. The van der Waals surface area contributed by atoms with Gasteiger partial charge in [-0.05, 0) is 59.7 Å². The minimum atomic E-state index is -0.797. The van der Waals surface area contributed by atoms with Gasteiger partial charge in [-0.1, -0.05) is 43.2 Å². The first-order valence-corrected chi connectivity index (χ1v) is 13.3. The first-order chi connectivity index (χ1) is 19.6. The van der Waals surface area contributed by atoms with Gasteiger partial charge in [0, 0.05) is 25.1 Å². The van der Waals surface area contributed by atoms with Crippen LogP contribution in [0.4, 0.5) is 0 Å². The van der Waals surface area contributed by atoms with Crippen LogP contribution in [0, 0.1) is 29.6 Å². The molecule has 2 aliphatic heterocycles. The summed E-state index contributed by atoms with van der Waals surface area (Å²) in [6, 6.07) is 1.68. The van der Waals surface area contributed by atoms with Gasteiger partial charge in [0.1, 0.15) is 24.0 Å². The molecule has 0 spiro atoms. The number of methoxy groups -OCH3 is 1. The fourth-order valence-corrected chi connectivity index (χ4v) is 3.16. The monoisotopic (exact) mass is 571 g/mol. The summed E-state index contributed by atoms with van der Waals surface area (Å²) in [5.74, 6) is -0.709. The number of terminal acetylenes is 1. The minimum absolute atomic E-state index is 0.0587. The van der Waals surface area contributed by atoms with Crippen LogP contribution in [0.1, 0.15) is 58.8 Å². The predicted octanol–water partition coefficient (Wildman–Crippen LogP) is 2.67. The van der Waals surface area contributed by atoms with Gasteiger partial charge >= 0.3 is 5.97 Å². The second kappa shape index (κ2) is 28.7. The molecule has 2 saturated heterocycles. The number of nitrogens with two attached hydrogens (primary N) is 2. The highest BCUT2D eigenvalue weighted by molar-refractivity contribution is 5.97. The van der Waals surface area contributed by atoms with Crippen molar-refractivity contribution in [1.82, 2.24) is 15.5 Å². The molecule has 228 valence electrons. The Kier molecular flexibility index (Phi) is 28.7. The number of nitriles is 1. The number of hydrogen-bond donors (Lipinski definition) is 5. The van der Waals surface area contributed by atoms with Gasteiger partial charge in [0.25, 0.3) is 0 Å². The van der Waals surface area contributed by atoms with Crippen molar-refractivity contribution < 1.29 is 19.1 Å². The molecule has 11 heteroatoms. The Hall–Kier alpha value is -4.35. The summed E-state index contributed by atoms with van der Waals surface area (Å²) in [6.45, 7) is 10.6. The largest absolute Gasteiger partial charge is 0.465 e. The summed E-state index contributed by atoms with van der Waals surface area (Å²) in [5, 5.41) is 21.7. The van der Waals surface area contributed by atoms with E-state index in [0.717, 1.165) is 37.7 Å². The van der Waals surface area contributed by atoms with Crippen LogP contribution >= 0.6 is 0 Å². The van der Waals surface area contributed by atoms with Crippen LogP contribution in [0.5, 0.6) is 0 Å². The number of nitrogens with zero attached hydrogens (tertiary/aromatic N) is 2. The van der Waals surface area contributed by atoms with Gasteiger partial charge in [-0.3, -0.25) is 10.2 Å². The lowest BCUT2D eigenvalue weighted by molar-refractivity contribution is -0.135. The quantitative estimate of drug-likeness (QED) is 0.0447. The van der Waals surface area contributed by atoms with Gasteiger partial charge in [-0.2, -0.15) is 5.26 Å². The molecule has 0 aromatic rings. The lowest BCUT2D eigenvalue weighted by Crippen LogP contribution is -2.26. The van der Waals surface area contributed by atoms with Crippen molar-refractivity contribution in [2.45, 2.75) is 58.8 Å². The lowest BCUT2D eigenvalue weighted by Gasteiger charge is -2.08. The van der Waals surface area contributed by atoms with Crippen molar-refractivity contribution in [3.63, 3.8) is 0 Å². The molecule has 0 aromatic heterocycles. The first kappa shape index (κ1) is 41.1. The van der Waals surface area contributed by atoms with Crippen LogP contribution in [-0.4, -0.2) is 69.2 Å². The van der Waals surface area contributed by atoms with E-state index in [2.05, 4.69) is 46.7 Å². The molecule has 2 fully saturated rings. The van der Waals surface area contributed by atoms with E-state index in [1.165, 1.54) is 58.9 Å². The Balaban J connectivity index is -0.000000582. The molecule has 1 amide bonds. The van der Waals surface area contributed by atoms with Gasteiger partial charge in [-0.25, -0.2) is 4.79 Å². The zero-order chi connectivity index (χ0) is 32.1. The average Bonchev–Trinajstić information content (AvgIpc) is 3.43. The molecule has 0 aliphatic carbocycles. The molecule has 2 heterocycles. The van der Waals surface area contributed by atoms with Gasteiger partial charge in [0.15, 0.2) is 5.57 Å². The number of nitrogens with one attached hydrogen (secondary N) is 3. The van der Waals surface area contributed by atoms with E-state index in [1.807, 2.05) is 6.92 Å². The summed E-state index contributed by atoms with van der Waals surface area (Å²) in [6.07, 6.45) is 21.9. The molecule has 11 nitrogen and oxygen atoms in total. The zero-order valence-electron chi connectivity index (χ0n) is 25.1. The number of esters is 1. The third-order valence-corrected chi connectivity index (χ3v) is 5.39. The topological polar surface area (TPSA) is 187 Å². The Morgan fingerprint density at radius 2 is 1.76 bits per heavy atom. The Labute approximate surface area is 246 Å². The van der Waals surface area contributed by atoms with E-state index in [0.29, 0.717) is 12.1 Å². The van der Waals surface area contributed by atoms with Gasteiger partial charge in [-0.15, -0.1) is 12.8 Å². The normalized spacial score (nSPS) is 15.5. The van der Waals surface area contributed by atoms with E-state index in [1.54, 1.807) is 18.2 Å². The number of aldehydes is 1. The molecule has 2 rings (SSSR count). The number of allylic oxidation sites excluding steroid dienone is 2. The molecule has 41 heavy (non-hydrogen) atoms. The maximum absolute atomic E-state index is 11.3. The number of ether oxygens (including phenoxy) is 1. The number of rotatable bonds is 7. The molecule has 0 unspecified atom stereocenters. The van der Waals surface area contributed by atoms with Crippen LogP contribution in [0.25, 0.3) is 0 Å². The van der Waals surface area contributed by atoms with Crippen molar-refractivity contribution in [2.75, 3.05) is 40.3 Å². The Morgan fingerprint density at radius 1 is 1.20 bits per heavy atom. The summed E-state index contributed by atoms with van der Waals surface area (Å²) < 4.78 is 4.44. The highest BCUT2D eigenvalue weighted by Gasteiger charge is 2.13. The molecule has 0 bridgehead atoms. The summed E-state index contributed by atoms with van der Waals surface area (Å²) in [4.78, 5) is 33.2. The standard InChI is InChI=1S/C14H19N5O2.C7H13NO.C5H11N.C2H4O.C2H2/c1-4-10(12(16)17)6-5-9(2)8-19-13(18)11(7-15)14(20)21-3;9-7-5-3-1-2-4-6-8-7;1-6-4-2-3-5-6;1-2-3;1-2/h4-6,19H,1,8,18H2,2-3H3,(H3,16,17);1-6H2,(H,8,9);2-5H2,1H3;2H,1H3;1-2H/b9-5+,10-6+,13-11-;;;;. The molecule has 0 aromatic carbocycles. The first-order valence-electron chi connectivity index (χ1n) is 13.3. The molecule has 0 saturated carbocycles. The third kappa shape index (κ3) is 24.4. The number of carbonyl (C=O) groups excluding carboxylic acids is 3. The molecular weight excluding hydrogens is 522 g/mol. The van der Waals surface area contributed by atoms with Crippen molar-refractivity contribution in [2.24, 2.45) is 11.5 Å². The van der Waals surface area contributed by atoms with Gasteiger partial charge < -0.3 is 36.5 Å². The lowest BCUT2D eigenvalue weighted by atomic mass is 10.1. The fourth-order valence-electron chi connectivity index (χ4n) is 3.16. The summed E-state index contributed by atoms with van der Waals surface area (Å²) >= 11 is 0. The smallest absolute Gasteiger partial charge is 0.352 e.